The monoisotopic (exact) mass is 435 g/mol. The van der Waals surface area contributed by atoms with E-state index in [-0.39, 0.29) is 22.4 Å². The topological polar surface area (TPSA) is 63.6 Å². The highest BCUT2D eigenvalue weighted by Gasteiger charge is 2.33. The molecule has 0 amide bonds. The quantitative estimate of drug-likeness (QED) is 0.412. The summed E-state index contributed by atoms with van der Waals surface area (Å²) in [6.07, 6.45) is -3.14. The van der Waals surface area contributed by atoms with E-state index >= 15 is 0 Å². The lowest BCUT2D eigenvalue weighted by molar-refractivity contribution is -0.142. The third-order valence-electron chi connectivity index (χ3n) is 2.88. The summed E-state index contributed by atoms with van der Waals surface area (Å²) in [4.78, 5) is 15.5. The number of rotatable bonds is 6. The summed E-state index contributed by atoms with van der Waals surface area (Å²) in [5, 5.41) is 5.98. The Morgan fingerprint density at radius 2 is 2.24 bits per heavy atom. The molecule has 5 nitrogen and oxygen atoms in total. The molecular weight excluding hydrogens is 423 g/mol. The van der Waals surface area contributed by atoms with Gasteiger partial charge in [0.2, 0.25) is 5.13 Å². The number of halogens is 4. The number of nitrogens with zero attached hydrogens (tertiary/aromatic N) is 2. The Balaban J connectivity index is 2.02. The first-order chi connectivity index (χ1) is 11.8. The number of carbonyl (C=O) groups is 1. The van der Waals surface area contributed by atoms with Gasteiger partial charge in [0, 0.05) is 15.4 Å². The number of ether oxygens (including phenoxy) is 1. The van der Waals surface area contributed by atoms with Crippen LogP contribution in [-0.2, 0) is 22.1 Å². The highest BCUT2D eigenvalue weighted by molar-refractivity contribution is 9.10. The lowest BCUT2D eigenvalue weighted by Crippen LogP contribution is -2.07. The van der Waals surface area contributed by atoms with Crippen molar-refractivity contribution in [2.45, 2.75) is 19.5 Å². The average Bonchev–Trinajstić information content (AvgIpc) is 2.95. The molecule has 1 heterocycles. The fourth-order valence-corrected chi connectivity index (χ4v) is 3.08. The molecule has 1 aromatic carbocycles. The summed E-state index contributed by atoms with van der Waals surface area (Å²) < 4.78 is 43.3. The van der Waals surface area contributed by atoms with Gasteiger partial charge in [-0.3, -0.25) is 10.2 Å². The van der Waals surface area contributed by atoms with Gasteiger partial charge in [-0.05, 0) is 28.9 Å². The van der Waals surface area contributed by atoms with Crippen molar-refractivity contribution in [2.75, 3.05) is 12.0 Å². The number of hydrogen-bond donors (Lipinski definition) is 1. The lowest BCUT2D eigenvalue weighted by Gasteiger charge is -2.10. The molecule has 0 bridgehead atoms. The number of nitrogens with one attached hydrogen (secondary N) is 1. The normalized spacial score (nSPS) is 11.7. The number of alkyl halides is 3. The Morgan fingerprint density at radius 3 is 2.92 bits per heavy atom. The molecule has 0 saturated heterocycles. The van der Waals surface area contributed by atoms with Crippen molar-refractivity contribution < 1.29 is 22.7 Å². The fraction of sp³-hybridized carbons (Fsp3) is 0.267. The molecule has 0 aliphatic heterocycles. The predicted molar refractivity (Wildman–Crippen MR) is 92.8 cm³/mol. The van der Waals surface area contributed by atoms with Gasteiger partial charge in [0.1, 0.15) is 0 Å². The molecule has 0 saturated carbocycles. The van der Waals surface area contributed by atoms with Crippen molar-refractivity contribution in [1.82, 2.24) is 4.98 Å². The van der Waals surface area contributed by atoms with Crippen LogP contribution in [0.4, 0.5) is 18.3 Å². The molecule has 0 spiro atoms. The lowest BCUT2D eigenvalue weighted by atomic mass is 10.1. The third kappa shape index (κ3) is 5.53. The Morgan fingerprint density at radius 1 is 1.48 bits per heavy atom. The molecule has 134 valence electrons. The van der Waals surface area contributed by atoms with Gasteiger partial charge in [0.05, 0.1) is 30.5 Å². The molecule has 0 unspecified atom stereocenters. The molecule has 0 aliphatic carbocycles. The van der Waals surface area contributed by atoms with Crippen LogP contribution in [0.2, 0.25) is 0 Å². The van der Waals surface area contributed by atoms with Gasteiger partial charge in [-0.25, -0.2) is 4.98 Å². The number of carbonyl (C=O) groups excluding carboxylic acids is 1. The van der Waals surface area contributed by atoms with Crippen LogP contribution in [0.1, 0.15) is 23.7 Å². The Bertz CT molecular complexity index is 778. The van der Waals surface area contributed by atoms with Crippen LogP contribution >= 0.6 is 27.3 Å². The number of thiazole rings is 1. The Kier molecular flexibility index (Phi) is 6.54. The second-order valence-electron chi connectivity index (χ2n) is 4.70. The van der Waals surface area contributed by atoms with Crippen molar-refractivity contribution in [3.05, 3.63) is 44.9 Å². The van der Waals surface area contributed by atoms with Crippen LogP contribution in [-0.4, -0.2) is 23.8 Å². The van der Waals surface area contributed by atoms with Crippen LogP contribution in [0, 0.1) is 0 Å². The maximum absolute atomic E-state index is 12.8. The van der Waals surface area contributed by atoms with Gasteiger partial charge >= 0.3 is 12.1 Å². The maximum Gasteiger partial charge on any atom is 0.417 e. The first kappa shape index (κ1) is 19.4. The summed E-state index contributed by atoms with van der Waals surface area (Å²) in [7, 11) is 0. The fourth-order valence-electron chi connectivity index (χ4n) is 1.82. The number of anilines is 1. The molecule has 0 atom stereocenters. The summed E-state index contributed by atoms with van der Waals surface area (Å²) in [6.45, 7) is 2.01. The third-order valence-corrected chi connectivity index (χ3v) is 4.56. The van der Waals surface area contributed by atoms with E-state index in [0.29, 0.717) is 17.4 Å². The largest absolute Gasteiger partial charge is 0.466 e. The molecule has 0 fully saturated rings. The van der Waals surface area contributed by atoms with Gasteiger partial charge in [0.15, 0.2) is 0 Å². The first-order valence-corrected chi connectivity index (χ1v) is 8.73. The van der Waals surface area contributed by atoms with E-state index in [1.54, 1.807) is 12.3 Å². The van der Waals surface area contributed by atoms with Gasteiger partial charge in [-0.15, -0.1) is 11.3 Å². The number of esters is 1. The van der Waals surface area contributed by atoms with Crippen molar-refractivity contribution in [3.8, 4) is 0 Å². The minimum atomic E-state index is -4.45. The van der Waals surface area contributed by atoms with Gasteiger partial charge < -0.3 is 4.74 Å². The van der Waals surface area contributed by atoms with E-state index < -0.39 is 11.7 Å². The van der Waals surface area contributed by atoms with E-state index in [4.69, 9.17) is 4.74 Å². The van der Waals surface area contributed by atoms with Crippen LogP contribution in [0.5, 0.6) is 0 Å². The molecular formula is C15H13BrF3N3O2S. The van der Waals surface area contributed by atoms with E-state index in [0.717, 1.165) is 6.07 Å². The molecule has 0 radical (unpaired) electrons. The number of hydrazone groups is 1. The molecule has 2 rings (SSSR count). The van der Waals surface area contributed by atoms with Crippen molar-refractivity contribution in [1.29, 1.82) is 0 Å². The summed E-state index contributed by atoms with van der Waals surface area (Å²) in [6, 6.07) is 3.78. The van der Waals surface area contributed by atoms with Crippen LogP contribution in [0.25, 0.3) is 0 Å². The van der Waals surface area contributed by atoms with E-state index in [9.17, 15) is 18.0 Å². The molecule has 2 aromatic rings. The van der Waals surface area contributed by atoms with Gasteiger partial charge in [-0.2, -0.15) is 18.3 Å². The van der Waals surface area contributed by atoms with Gasteiger partial charge in [0.25, 0.3) is 0 Å². The van der Waals surface area contributed by atoms with E-state index in [2.05, 4.69) is 31.4 Å². The van der Waals surface area contributed by atoms with Crippen molar-refractivity contribution >= 4 is 44.6 Å². The smallest absolute Gasteiger partial charge is 0.417 e. The number of hydrogen-bond acceptors (Lipinski definition) is 6. The van der Waals surface area contributed by atoms with E-state index in [1.165, 1.54) is 29.7 Å². The zero-order chi connectivity index (χ0) is 18.4. The molecule has 1 aromatic heterocycles. The number of aromatic nitrogens is 1. The highest BCUT2D eigenvalue weighted by atomic mass is 79.9. The molecule has 10 heteroatoms. The first-order valence-electron chi connectivity index (χ1n) is 7.06. The van der Waals surface area contributed by atoms with Gasteiger partial charge in [-0.1, -0.05) is 12.1 Å². The van der Waals surface area contributed by atoms with Crippen LogP contribution in [0.3, 0.4) is 0 Å². The average molecular weight is 436 g/mol. The Labute approximate surface area is 154 Å². The van der Waals surface area contributed by atoms with Crippen molar-refractivity contribution in [2.24, 2.45) is 5.10 Å². The highest BCUT2D eigenvalue weighted by Crippen LogP contribution is 2.35. The standard InChI is InChI=1S/C15H13BrF3N3O2S/c1-2-24-12(23)6-10-8-25-14(21-10)22-20-7-9-4-3-5-11(13(9)16)15(17,18)19/h3-5,7-8H,2,6H2,1H3,(H,21,22). The zero-order valence-electron chi connectivity index (χ0n) is 12.9. The SMILES string of the molecule is CCOC(=O)Cc1csc(NN=Cc2cccc(C(F)(F)F)c2Br)n1. The minimum Gasteiger partial charge on any atom is -0.466 e. The molecule has 0 aliphatic rings. The molecule has 25 heavy (non-hydrogen) atoms. The number of benzene rings is 1. The van der Waals surface area contributed by atoms with E-state index in [1.807, 2.05) is 0 Å². The second-order valence-corrected chi connectivity index (χ2v) is 6.35. The summed E-state index contributed by atoms with van der Waals surface area (Å²) in [5.74, 6) is -0.379. The molecule has 1 N–H and O–H groups in total. The Hall–Kier alpha value is -1.94. The minimum absolute atomic E-state index is 0.0505. The van der Waals surface area contributed by atoms with Crippen LogP contribution in [0.15, 0.2) is 33.2 Å². The van der Waals surface area contributed by atoms with Crippen LogP contribution < -0.4 is 5.43 Å². The van der Waals surface area contributed by atoms with Crippen molar-refractivity contribution in [3.63, 3.8) is 0 Å². The second kappa shape index (κ2) is 8.43. The summed E-state index contributed by atoms with van der Waals surface area (Å²) >= 11 is 4.17. The zero-order valence-corrected chi connectivity index (χ0v) is 15.3. The summed E-state index contributed by atoms with van der Waals surface area (Å²) in [5.41, 5.74) is 2.65. The maximum atomic E-state index is 12.8. The predicted octanol–water partition coefficient (Wildman–Crippen LogP) is 4.48.